The molecule has 9 heteroatoms. The van der Waals surface area contributed by atoms with Gasteiger partial charge in [0.15, 0.2) is 0 Å². The second-order valence-electron chi connectivity index (χ2n) is 6.47. The molecule has 0 aliphatic rings. The molecule has 160 valence electrons. The molecule has 0 radical (unpaired) electrons. The highest BCUT2D eigenvalue weighted by Gasteiger charge is 2.17. The minimum atomic E-state index is -0.464. The lowest BCUT2D eigenvalue weighted by Crippen LogP contribution is -2.09. The van der Waals surface area contributed by atoms with Gasteiger partial charge in [-0.15, -0.1) is 11.3 Å². The summed E-state index contributed by atoms with van der Waals surface area (Å²) in [6.45, 7) is 3.76. The highest BCUT2D eigenvalue weighted by molar-refractivity contribution is 9.10. The highest BCUT2D eigenvalue weighted by Crippen LogP contribution is 2.29. The number of pyridine rings is 1. The highest BCUT2D eigenvalue weighted by atomic mass is 79.9. The Hall–Kier alpha value is -2.41. The summed E-state index contributed by atoms with van der Waals surface area (Å²) < 4.78 is 11.3. The molecule has 0 aliphatic carbocycles. The quantitative estimate of drug-likeness (QED) is 0.286. The molecule has 3 aromatic rings. The van der Waals surface area contributed by atoms with Gasteiger partial charge in [0.25, 0.3) is 0 Å². The summed E-state index contributed by atoms with van der Waals surface area (Å²) in [4.78, 5) is 21.2. The van der Waals surface area contributed by atoms with Crippen LogP contribution >= 0.6 is 39.0 Å². The summed E-state index contributed by atoms with van der Waals surface area (Å²) in [6, 6.07) is 9.68. The van der Waals surface area contributed by atoms with Gasteiger partial charge in [-0.1, -0.05) is 17.8 Å². The van der Waals surface area contributed by atoms with Gasteiger partial charge >= 0.3 is 5.97 Å². The smallest absolute Gasteiger partial charge is 0.340 e. The maximum absolute atomic E-state index is 12.0. The van der Waals surface area contributed by atoms with Crippen LogP contribution in [-0.2, 0) is 16.9 Å². The molecule has 0 bridgehead atoms. The van der Waals surface area contributed by atoms with E-state index < -0.39 is 5.97 Å². The Morgan fingerprint density at radius 1 is 1.32 bits per heavy atom. The molecule has 0 amide bonds. The van der Waals surface area contributed by atoms with Gasteiger partial charge in [-0.2, -0.15) is 5.26 Å². The van der Waals surface area contributed by atoms with Crippen LogP contribution in [0, 0.1) is 18.3 Å². The minimum Gasteiger partial charge on any atom is -0.496 e. The third-order valence-electron chi connectivity index (χ3n) is 4.32. The Labute approximate surface area is 197 Å². The Morgan fingerprint density at radius 3 is 2.84 bits per heavy atom. The number of methoxy groups -OCH3 is 1. The van der Waals surface area contributed by atoms with Crippen molar-refractivity contribution in [2.75, 3.05) is 13.7 Å². The van der Waals surface area contributed by atoms with Crippen LogP contribution < -0.4 is 4.74 Å². The van der Waals surface area contributed by atoms with Gasteiger partial charge in [0, 0.05) is 17.6 Å². The van der Waals surface area contributed by atoms with Crippen molar-refractivity contribution >= 4 is 45.0 Å². The number of thioether (sulfide) groups is 1. The van der Waals surface area contributed by atoms with E-state index in [2.05, 4.69) is 27.0 Å². The number of hydrogen-bond donors (Lipinski definition) is 0. The lowest BCUT2D eigenvalue weighted by atomic mass is 10.1. The fourth-order valence-corrected chi connectivity index (χ4v) is 5.05. The van der Waals surface area contributed by atoms with Gasteiger partial charge in [0.05, 0.1) is 45.7 Å². The topological polar surface area (TPSA) is 85.1 Å². The van der Waals surface area contributed by atoms with E-state index in [1.54, 1.807) is 38.4 Å². The molecule has 0 saturated carbocycles. The Balaban J connectivity index is 1.70. The lowest BCUT2D eigenvalue weighted by molar-refractivity contribution is 0.0524. The normalized spacial score (nSPS) is 10.5. The van der Waals surface area contributed by atoms with E-state index in [4.69, 9.17) is 14.5 Å². The summed E-state index contributed by atoms with van der Waals surface area (Å²) in [6.07, 6.45) is 0.716. The molecule has 0 N–H and O–H groups in total. The molecule has 0 aliphatic heterocycles. The predicted octanol–water partition coefficient (Wildman–Crippen LogP) is 5.55. The summed E-state index contributed by atoms with van der Waals surface area (Å²) in [5.74, 6) is 0.913. The van der Waals surface area contributed by atoms with E-state index >= 15 is 0 Å². The standard InChI is InChI=1S/C22H20BrN3O3S2/c1-4-29-22(27)17-9-15(10-24)21(25-13(17)2)31-12-16-11-30-20(26-16)8-14-5-6-18(23)19(7-14)28-3/h5-7,9,11H,4,8,12H2,1-3H3. The maximum atomic E-state index is 12.0. The number of nitriles is 1. The molecule has 0 saturated heterocycles. The van der Waals surface area contributed by atoms with Crippen LogP contribution in [-0.4, -0.2) is 29.7 Å². The van der Waals surface area contributed by atoms with E-state index in [1.807, 2.05) is 23.6 Å². The van der Waals surface area contributed by atoms with Crippen LogP contribution in [0.25, 0.3) is 0 Å². The number of hydrogen-bond acceptors (Lipinski definition) is 8. The van der Waals surface area contributed by atoms with Crippen LogP contribution in [0.2, 0.25) is 0 Å². The Bertz CT molecular complexity index is 1140. The largest absolute Gasteiger partial charge is 0.496 e. The average molecular weight is 518 g/mol. The van der Waals surface area contributed by atoms with Crippen molar-refractivity contribution in [2.45, 2.75) is 31.0 Å². The molecule has 0 atom stereocenters. The van der Waals surface area contributed by atoms with E-state index in [9.17, 15) is 10.1 Å². The van der Waals surface area contributed by atoms with Gasteiger partial charge in [-0.25, -0.2) is 14.8 Å². The zero-order valence-corrected chi connectivity index (χ0v) is 20.5. The van der Waals surface area contributed by atoms with Crippen molar-refractivity contribution in [3.05, 3.63) is 67.2 Å². The molecular formula is C22H20BrN3O3S2. The summed E-state index contributed by atoms with van der Waals surface area (Å²) >= 11 is 6.50. The van der Waals surface area contributed by atoms with E-state index in [0.29, 0.717) is 34.0 Å². The van der Waals surface area contributed by atoms with Crippen molar-refractivity contribution in [1.29, 1.82) is 5.26 Å². The zero-order chi connectivity index (χ0) is 22.4. The van der Waals surface area contributed by atoms with Gasteiger partial charge < -0.3 is 9.47 Å². The summed E-state index contributed by atoms with van der Waals surface area (Å²) in [7, 11) is 1.65. The number of carbonyl (C=O) groups excluding carboxylic acids is 1. The monoisotopic (exact) mass is 517 g/mol. The van der Waals surface area contributed by atoms with Crippen LogP contribution in [0.1, 0.15) is 44.8 Å². The SMILES string of the molecule is CCOC(=O)c1cc(C#N)c(SCc2csc(Cc3ccc(Br)c(OC)c3)n2)nc1C. The number of aromatic nitrogens is 2. The van der Waals surface area contributed by atoms with Crippen LogP contribution in [0.5, 0.6) is 5.75 Å². The molecular weight excluding hydrogens is 498 g/mol. The molecule has 6 nitrogen and oxygen atoms in total. The first-order valence-electron chi connectivity index (χ1n) is 9.42. The molecule has 2 aromatic heterocycles. The van der Waals surface area contributed by atoms with Crippen LogP contribution in [0.15, 0.2) is 39.1 Å². The number of carbonyl (C=O) groups is 1. The molecule has 31 heavy (non-hydrogen) atoms. The number of thiazole rings is 1. The second kappa shape index (κ2) is 10.8. The van der Waals surface area contributed by atoms with Gasteiger partial charge in [-0.3, -0.25) is 0 Å². The number of benzene rings is 1. The zero-order valence-electron chi connectivity index (χ0n) is 17.3. The lowest BCUT2D eigenvalue weighted by Gasteiger charge is -2.08. The first-order chi connectivity index (χ1) is 14.9. The van der Waals surface area contributed by atoms with Crippen molar-refractivity contribution in [3.8, 4) is 11.8 Å². The van der Waals surface area contributed by atoms with Crippen molar-refractivity contribution in [2.24, 2.45) is 0 Å². The third-order valence-corrected chi connectivity index (χ3v) is 6.90. The Kier molecular flexibility index (Phi) is 8.07. The fourth-order valence-electron chi connectivity index (χ4n) is 2.82. The van der Waals surface area contributed by atoms with Crippen molar-refractivity contribution in [3.63, 3.8) is 0 Å². The third kappa shape index (κ3) is 5.85. The molecule has 3 rings (SSSR count). The Morgan fingerprint density at radius 2 is 2.13 bits per heavy atom. The first-order valence-corrected chi connectivity index (χ1v) is 12.1. The fraction of sp³-hybridized carbons (Fsp3) is 0.273. The molecule has 0 spiro atoms. The predicted molar refractivity (Wildman–Crippen MR) is 125 cm³/mol. The molecule has 0 unspecified atom stereocenters. The van der Waals surface area contributed by atoms with E-state index in [0.717, 1.165) is 26.5 Å². The number of ether oxygens (including phenoxy) is 2. The van der Waals surface area contributed by atoms with E-state index in [-0.39, 0.29) is 6.61 Å². The molecule has 0 fully saturated rings. The minimum absolute atomic E-state index is 0.274. The second-order valence-corrected chi connectivity index (χ2v) is 9.23. The number of nitrogens with zero attached hydrogens (tertiary/aromatic N) is 3. The number of rotatable bonds is 8. The van der Waals surface area contributed by atoms with Gasteiger partial charge in [-0.05, 0) is 53.5 Å². The van der Waals surface area contributed by atoms with Crippen LogP contribution in [0.4, 0.5) is 0 Å². The van der Waals surface area contributed by atoms with E-state index in [1.165, 1.54) is 11.8 Å². The first kappa shape index (κ1) is 23.3. The molecule has 2 heterocycles. The van der Waals surface area contributed by atoms with Crippen molar-refractivity contribution < 1.29 is 14.3 Å². The summed E-state index contributed by atoms with van der Waals surface area (Å²) in [5, 5.41) is 13.1. The number of esters is 1. The summed E-state index contributed by atoms with van der Waals surface area (Å²) in [5.41, 5.74) is 3.27. The number of halogens is 1. The van der Waals surface area contributed by atoms with Gasteiger partial charge in [0.2, 0.25) is 0 Å². The van der Waals surface area contributed by atoms with Gasteiger partial charge in [0.1, 0.15) is 16.8 Å². The number of aryl methyl sites for hydroxylation is 1. The average Bonchev–Trinajstić information content (AvgIpc) is 3.21. The maximum Gasteiger partial charge on any atom is 0.340 e. The molecule has 1 aromatic carbocycles. The van der Waals surface area contributed by atoms with Crippen LogP contribution in [0.3, 0.4) is 0 Å². The van der Waals surface area contributed by atoms with Crippen molar-refractivity contribution in [1.82, 2.24) is 9.97 Å².